The number of nitrogens with zero attached hydrogens (tertiary/aromatic N) is 1. The predicted octanol–water partition coefficient (Wildman–Crippen LogP) is 2.50. The molecule has 7 heteroatoms. The first kappa shape index (κ1) is 16.6. The van der Waals surface area contributed by atoms with Crippen molar-refractivity contribution in [1.82, 2.24) is 4.90 Å². The van der Waals surface area contributed by atoms with Crippen LogP contribution in [-0.4, -0.2) is 43.8 Å². The molecule has 116 valence electrons. The quantitative estimate of drug-likeness (QED) is 0.586. The van der Waals surface area contributed by atoms with Crippen molar-refractivity contribution in [2.75, 3.05) is 24.6 Å². The van der Waals surface area contributed by atoms with Gasteiger partial charge in [-0.15, -0.1) is 11.8 Å². The molecule has 1 aliphatic rings. The van der Waals surface area contributed by atoms with E-state index in [1.807, 2.05) is 6.92 Å². The van der Waals surface area contributed by atoms with Gasteiger partial charge >= 0.3 is 0 Å². The molecule has 0 radical (unpaired) electrons. The van der Waals surface area contributed by atoms with Crippen molar-refractivity contribution in [3.63, 3.8) is 0 Å². The van der Waals surface area contributed by atoms with Gasteiger partial charge < -0.3 is 4.90 Å². The van der Waals surface area contributed by atoms with Gasteiger partial charge in [0.05, 0.1) is 5.75 Å². The number of hydrogen-bond acceptors (Lipinski definition) is 4. The third-order valence-corrected chi connectivity index (χ3v) is 5.62. The summed E-state index contributed by atoms with van der Waals surface area (Å²) in [5, 5.41) is 0. The average Bonchev–Trinajstić information content (AvgIpc) is 2.70. The number of hydrogen-bond donors (Lipinski definition) is 0. The lowest BCUT2D eigenvalue weighted by atomic mass is 10.1. The predicted molar refractivity (Wildman–Crippen MR) is 86.2 cm³/mol. The molecule has 1 saturated heterocycles. The van der Waals surface area contributed by atoms with Crippen LogP contribution in [0.15, 0.2) is 29.2 Å². The summed E-state index contributed by atoms with van der Waals surface area (Å²) in [5.41, 5.74) is 1.22. The Balaban J connectivity index is 1.78. The molecule has 0 spiro atoms. The minimum absolute atomic E-state index is 0.0184. The highest BCUT2D eigenvalue weighted by atomic mass is 35.7. The molecule has 21 heavy (non-hydrogen) atoms. The average molecular weight is 348 g/mol. The highest BCUT2D eigenvalue weighted by Crippen LogP contribution is 2.23. The van der Waals surface area contributed by atoms with Crippen molar-refractivity contribution >= 4 is 37.4 Å². The molecule has 0 saturated carbocycles. The van der Waals surface area contributed by atoms with Crippen LogP contribution >= 0.6 is 22.4 Å². The summed E-state index contributed by atoms with van der Waals surface area (Å²) >= 11 is 1.69. The van der Waals surface area contributed by atoms with Crippen LogP contribution in [0.2, 0.25) is 0 Å². The van der Waals surface area contributed by atoms with Gasteiger partial charge in [0.25, 0.3) is 0 Å². The van der Waals surface area contributed by atoms with Crippen LogP contribution < -0.4 is 0 Å². The second kappa shape index (κ2) is 7.03. The summed E-state index contributed by atoms with van der Waals surface area (Å²) in [5.74, 6) is 0.519. The first-order valence-corrected chi connectivity index (χ1v) is 10.2. The molecule has 1 unspecified atom stereocenters. The smallest absolute Gasteiger partial charge is 0.232 e. The molecule has 2 rings (SSSR count). The summed E-state index contributed by atoms with van der Waals surface area (Å²) in [6, 6.07) is 8.25. The number of benzene rings is 1. The Morgan fingerprint density at radius 3 is 2.62 bits per heavy atom. The summed E-state index contributed by atoms with van der Waals surface area (Å²) in [4.78, 5) is 14.7. The van der Waals surface area contributed by atoms with Crippen LogP contribution in [0, 0.1) is 12.8 Å². The Morgan fingerprint density at radius 1 is 1.33 bits per heavy atom. The normalized spacial score (nSPS) is 19.2. The number of carbonyl (C=O) groups excluding carboxylic acids is 1. The minimum atomic E-state index is -3.53. The zero-order valence-electron chi connectivity index (χ0n) is 11.8. The second-order valence-corrected chi connectivity index (χ2v) is 9.27. The van der Waals surface area contributed by atoms with Gasteiger partial charge in [0.1, 0.15) is 0 Å². The van der Waals surface area contributed by atoms with E-state index in [2.05, 4.69) is 24.3 Å². The third kappa shape index (κ3) is 5.52. The largest absolute Gasteiger partial charge is 0.342 e. The van der Waals surface area contributed by atoms with Crippen LogP contribution in [-0.2, 0) is 13.8 Å². The van der Waals surface area contributed by atoms with E-state index in [-0.39, 0.29) is 24.0 Å². The molecule has 1 fully saturated rings. The van der Waals surface area contributed by atoms with E-state index in [9.17, 15) is 13.2 Å². The standard InChI is InChI=1S/C14H18ClNO3S2/c1-11-2-4-13(5-3-11)20-7-6-16-9-12(8-14(16)17)10-21(15,18)19/h2-5,12H,6-10H2,1H3. The summed E-state index contributed by atoms with van der Waals surface area (Å²) in [6.45, 7) is 3.16. The Labute approximate surface area is 134 Å². The van der Waals surface area contributed by atoms with Gasteiger partial charge in [0, 0.05) is 46.8 Å². The van der Waals surface area contributed by atoms with Crippen LogP contribution in [0.25, 0.3) is 0 Å². The van der Waals surface area contributed by atoms with Crippen molar-refractivity contribution in [3.8, 4) is 0 Å². The maximum absolute atomic E-state index is 11.8. The van der Waals surface area contributed by atoms with Gasteiger partial charge in [0.2, 0.25) is 15.0 Å². The van der Waals surface area contributed by atoms with Gasteiger partial charge in [-0.05, 0) is 19.1 Å². The first-order chi connectivity index (χ1) is 9.83. The molecule has 1 aliphatic heterocycles. The molecule has 1 aromatic carbocycles. The Morgan fingerprint density at radius 2 is 2.00 bits per heavy atom. The van der Waals surface area contributed by atoms with Crippen molar-refractivity contribution in [2.45, 2.75) is 18.2 Å². The molecule has 0 aromatic heterocycles. The van der Waals surface area contributed by atoms with Crippen molar-refractivity contribution in [1.29, 1.82) is 0 Å². The monoisotopic (exact) mass is 347 g/mol. The lowest BCUT2D eigenvalue weighted by molar-refractivity contribution is -0.127. The molecular weight excluding hydrogens is 330 g/mol. The van der Waals surface area contributed by atoms with Crippen LogP contribution in [0.4, 0.5) is 0 Å². The highest BCUT2D eigenvalue weighted by molar-refractivity contribution is 8.13. The number of carbonyl (C=O) groups is 1. The zero-order valence-corrected chi connectivity index (χ0v) is 14.2. The zero-order chi connectivity index (χ0) is 15.5. The fourth-order valence-corrected chi connectivity index (χ4v) is 4.57. The molecule has 0 N–H and O–H groups in total. The highest BCUT2D eigenvalue weighted by Gasteiger charge is 2.31. The van der Waals surface area contributed by atoms with E-state index in [1.54, 1.807) is 16.7 Å². The van der Waals surface area contributed by atoms with Gasteiger partial charge in [0.15, 0.2) is 0 Å². The SMILES string of the molecule is Cc1ccc(SCCN2CC(CS(=O)(=O)Cl)CC2=O)cc1. The maximum atomic E-state index is 11.8. The van der Waals surface area contributed by atoms with Crippen LogP contribution in [0.3, 0.4) is 0 Å². The molecular formula is C14H18ClNO3S2. The molecule has 1 atom stereocenters. The van der Waals surface area contributed by atoms with Gasteiger partial charge in [-0.1, -0.05) is 17.7 Å². The fraction of sp³-hybridized carbons (Fsp3) is 0.500. The molecule has 1 aromatic rings. The molecule has 0 bridgehead atoms. The Kier molecular flexibility index (Phi) is 5.57. The number of halogens is 1. The van der Waals surface area contributed by atoms with E-state index in [0.29, 0.717) is 13.1 Å². The minimum Gasteiger partial charge on any atom is -0.342 e. The van der Waals surface area contributed by atoms with Gasteiger partial charge in [-0.2, -0.15) is 0 Å². The molecule has 1 amide bonds. The lowest BCUT2D eigenvalue weighted by Gasteiger charge is -2.16. The van der Waals surface area contributed by atoms with Crippen molar-refractivity contribution < 1.29 is 13.2 Å². The van der Waals surface area contributed by atoms with Gasteiger partial charge in [-0.3, -0.25) is 4.79 Å². The fourth-order valence-electron chi connectivity index (χ4n) is 2.37. The Hall–Kier alpha value is -0.720. The lowest BCUT2D eigenvalue weighted by Crippen LogP contribution is -2.28. The Bertz CT molecular complexity index is 601. The maximum Gasteiger partial charge on any atom is 0.232 e. The van der Waals surface area contributed by atoms with E-state index in [1.165, 1.54) is 10.5 Å². The second-order valence-electron chi connectivity index (χ2n) is 5.28. The van der Waals surface area contributed by atoms with Crippen LogP contribution in [0.5, 0.6) is 0 Å². The van der Waals surface area contributed by atoms with E-state index >= 15 is 0 Å². The summed E-state index contributed by atoms with van der Waals surface area (Å²) in [7, 11) is 1.71. The number of aryl methyl sites for hydroxylation is 1. The van der Waals surface area contributed by atoms with Gasteiger partial charge in [-0.25, -0.2) is 8.42 Å². The first-order valence-electron chi connectivity index (χ1n) is 6.73. The van der Waals surface area contributed by atoms with E-state index in [4.69, 9.17) is 10.7 Å². The molecule has 0 aliphatic carbocycles. The third-order valence-electron chi connectivity index (χ3n) is 3.38. The topological polar surface area (TPSA) is 54.5 Å². The van der Waals surface area contributed by atoms with Crippen molar-refractivity contribution in [3.05, 3.63) is 29.8 Å². The van der Waals surface area contributed by atoms with E-state index in [0.717, 1.165) is 5.75 Å². The number of rotatable bonds is 6. The van der Waals surface area contributed by atoms with Crippen molar-refractivity contribution in [2.24, 2.45) is 5.92 Å². The molecule has 1 heterocycles. The molecule has 4 nitrogen and oxygen atoms in total. The van der Waals surface area contributed by atoms with E-state index < -0.39 is 9.05 Å². The summed E-state index contributed by atoms with van der Waals surface area (Å²) < 4.78 is 22.1. The number of likely N-dealkylation sites (tertiary alicyclic amines) is 1. The number of thioether (sulfide) groups is 1. The number of amides is 1. The van der Waals surface area contributed by atoms with Crippen LogP contribution in [0.1, 0.15) is 12.0 Å². The summed E-state index contributed by atoms with van der Waals surface area (Å²) in [6.07, 6.45) is 0.279.